The summed E-state index contributed by atoms with van der Waals surface area (Å²) >= 11 is 3.02. The Labute approximate surface area is 117 Å². The number of halogens is 1. The zero-order chi connectivity index (χ0) is 14.2. The molecule has 1 aromatic heterocycles. The molecule has 0 radical (unpaired) electrons. The summed E-state index contributed by atoms with van der Waals surface area (Å²) in [5.41, 5.74) is 0. The molecule has 106 valence electrons. The summed E-state index contributed by atoms with van der Waals surface area (Å²) in [6.45, 7) is -0.127. The topological polar surface area (TPSA) is 115 Å². The molecule has 0 aromatic carbocycles. The number of aromatic nitrogens is 3. The summed E-state index contributed by atoms with van der Waals surface area (Å²) in [5.74, 6) is -1.19. The number of hydrogen-bond acceptors (Lipinski definition) is 6. The molecule has 0 aliphatic carbocycles. The van der Waals surface area contributed by atoms with Crippen LogP contribution in [-0.4, -0.2) is 64.6 Å². The fraction of sp³-hybridized carbons (Fsp3) is 0.625. The molecule has 1 aliphatic rings. The molecule has 0 amide bonds. The number of aryl methyl sites for hydroxylation is 1. The smallest absolute Gasteiger partial charge is 0.334 e. The van der Waals surface area contributed by atoms with Gasteiger partial charge >= 0.3 is 5.97 Å². The molecule has 1 atom stereocenters. The highest BCUT2D eigenvalue weighted by atomic mass is 79.9. The van der Waals surface area contributed by atoms with E-state index in [0.717, 1.165) is 8.99 Å². The molecule has 2 heterocycles. The van der Waals surface area contributed by atoms with Crippen molar-refractivity contribution < 1.29 is 23.1 Å². The van der Waals surface area contributed by atoms with Gasteiger partial charge in [-0.15, -0.1) is 5.10 Å². The van der Waals surface area contributed by atoms with Crippen LogP contribution in [0.5, 0.6) is 0 Å². The third-order valence-corrected chi connectivity index (χ3v) is 5.38. The van der Waals surface area contributed by atoms with Gasteiger partial charge in [-0.2, -0.15) is 4.31 Å². The van der Waals surface area contributed by atoms with Crippen LogP contribution in [0, 0.1) is 0 Å². The molecule has 0 bridgehead atoms. The van der Waals surface area contributed by atoms with Crippen LogP contribution in [0.1, 0.15) is 0 Å². The van der Waals surface area contributed by atoms with Crippen LogP contribution in [0.4, 0.5) is 0 Å². The van der Waals surface area contributed by atoms with Gasteiger partial charge in [0.05, 0.1) is 13.2 Å². The second kappa shape index (κ2) is 5.15. The van der Waals surface area contributed by atoms with E-state index < -0.39 is 22.1 Å². The van der Waals surface area contributed by atoms with E-state index in [4.69, 9.17) is 9.84 Å². The van der Waals surface area contributed by atoms with Gasteiger partial charge in [0, 0.05) is 13.6 Å². The maximum atomic E-state index is 12.4. The van der Waals surface area contributed by atoms with Crippen LogP contribution in [0.15, 0.2) is 9.63 Å². The van der Waals surface area contributed by atoms with Gasteiger partial charge in [-0.3, -0.25) is 0 Å². The average Bonchev–Trinajstić information content (AvgIpc) is 2.69. The lowest BCUT2D eigenvalue weighted by atomic mass is 10.3. The Morgan fingerprint density at radius 2 is 2.26 bits per heavy atom. The predicted octanol–water partition coefficient (Wildman–Crippen LogP) is -0.948. The van der Waals surface area contributed by atoms with Crippen molar-refractivity contribution >= 4 is 31.9 Å². The third-order valence-electron chi connectivity index (χ3n) is 2.63. The molecular weight excluding hydrogens is 344 g/mol. The van der Waals surface area contributed by atoms with Crippen molar-refractivity contribution in [2.45, 2.75) is 11.1 Å². The van der Waals surface area contributed by atoms with E-state index in [0.29, 0.717) is 0 Å². The number of nitrogens with zero attached hydrogens (tertiary/aromatic N) is 4. The highest BCUT2D eigenvalue weighted by Crippen LogP contribution is 2.23. The minimum atomic E-state index is -3.87. The number of aliphatic carboxylic acids is 1. The summed E-state index contributed by atoms with van der Waals surface area (Å²) in [7, 11) is -2.42. The molecule has 9 nitrogen and oxygen atoms in total. The molecule has 1 saturated heterocycles. The first-order valence-electron chi connectivity index (χ1n) is 5.23. The Hall–Kier alpha value is -1.04. The molecule has 1 fully saturated rings. The molecule has 0 saturated carbocycles. The van der Waals surface area contributed by atoms with Crippen LogP contribution in [0.2, 0.25) is 0 Å². The van der Waals surface area contributed by atoms with Crippen LogP contribution in [0.3, 0.4) is 0 Å². The van der Waals surface area contributed by atoms with E-state index in [1.807, 2.05) is 0 Å². The molecule has 1 N–H and O–H groups in total. The lowest BCUT2D eigenvalue weighted by Crippen LogP contribution is -2.48. The average molecular weight is 355 g/mol. The first-order valence-corrected chi connectivity index (χ1v) is 7.47. The predicted molar refractivity (Wildman–Crippen MR) is 64.8 cm³/mol. The van der Waals surface area contributed by atoms with Crippen LogP contribution in [-0.2, 0) is 26.6 Å². The number of ether oxygens (including phenoxy) is 1. The van der Waals surface area contributed by atoms with Gasteiger partial charge in [0.1, 0.15) is 0 Å². The second-order valence-electron chi connectivity index (χ2n) is 3.87. The van der Waals surface area contributed by atoms with E-state index in [9.17, 15) is 13.2 Å². The van der Waals surface area contributed by atoms with Gasteiger partial charge in [-0.05, 0) is 15.9 Å². The SMILES string of the molecule is Cn1nnc(Br)c1S(=O)(=O)N1CCOC(C(=O)O)C1. The number of carboxylic acid groups (broad SMARTS) is 1. The highest BCUT2D eigenvalue weighted by molar-refractivity contribution is 9.10. The largest absolute Gasteiger partial charge is 0.479 e. The molecule has 1 unspecified atom stereocenters. The number of morpholine rings is 1. The molecular formula is C8H11BrN4O5S. The van der Waals surface area contributed by atoms with Gasteiger partial charge in [0.15, 0.2) is 10.7 Å². The third kappa shape index (κ3) is 2.63. The number of carbonyl (C=O) groups is 1. The van der Waals surface area contributed by atoms with Crippen molar-refractivity contribution in [1.29, 1.82) is 0 Å². The van der Waals surface area contributed by atoms with Crippen molar-refractivity contribution in [3.05, 3.63) is 4.60 Å². The minimum absolute atomic E-state index is 0.0269. The van der Waals surface area contributed by atoms with Crippen LogP contribution >= 0.6 is 15.9 Å². The van der Waals surface area contributed by atoms with Crippen molar-refractivity contribution in [2.75, 3.05) is 19.7 Å². The molecule has 2 rings (SSSR count). The first kappa shape index (κ1) is 14.4. The summed E-state index contributed by atoms with van der Waals surface area (Å²) < 4.78 is 32.1. The van der Waals surface area contributed by atoms with E-state index in [1.54, 1.807) is 0 Å². The van der Waals surface area contributed by atoms with Gasteiger partial charge in [0.25, 0.3) is 10.0 Å². The standard InChI is InChI=1S/C8H11BrN4O5S/c1-12-7(6(9)10-11-12)19(16,17)13-2-3-18-5(4-13)8(14)15/h5H,2-4H2,1H3,(H,14,15). The van der Waals surface area contributed by atoms with Crippen molar-refractivity contribution in [1.82, 2.24) is 19.3 Å². The number of carboxylic acids is 1. The highest BCUT2D eigenvalue weighted by Gasteiger charge is 2.37. The second-order valence-corrected chi connectivity index (χ2v) is 6.47. The Morgan fingerprint density at radius 1 is 1.58 bits per heavy atom. The molecule has 1 aromatic rings. The quantitative estimate of drug-likeness (QED) is 0.744. The summed E-state index contributed by atoms with van der Waals surface area (Å²) in [4.78, 5) is 10.9. The lowest BCUT2D eigenvalue weighted by molar-refractivity contribution is -0.153. The van der Waals surface area contributed by atoms with E-state index in [-0.39, 0.29) is 29.3 Å². The normalized spacial score (nSPS) is 21.5. The van der Waals surface area contributed by atoms with Crippen LogP contribution in [0.25, 0.3) is 0 Å². The van der Waals surface area contributed by atoms with Gasteiger partial charge in [-0.25, -0.2) is 17.9 Å². The number of hydrogen-bond donors (Lipinski definition) is 1. The lowest BCUT2D eigenvalue weighted by Gasteiger charge is -2.29. The summed E-state index contributed by atoms with van der Waals surface area (Å²) in [6, 6.07) is 0. The fourth-order valence-electron chi connectivity index (χ4n) is 1.71. The van der Waals surface area contributed by atoms with Gasteiger partial charge in [0.2, 0.25) is 5.03 Å². The van der Waals surface area contributed by atoms with Crippen molar-refractivity contribution in [3.63, 3.8) is 0 Å². The van der Waals surface area contributed by atoms with Gasteiger partial charge in [-0.1, -0.05) is 5.21 Å². The van der Waals surface area contributed by atoms with Crippen molar-refractivity contribution in [2.24, 2.45) is 7.05 Å². The minimum Gasteiger partial charge on any atom is -0.479 e. The van der Waals surface area contributed by atoms with E-state index >= 15 is 0 Å². The van der Waals surface area contributed by atoms with Gasteiger partial charge < -0.3 is 9.84 Å². The maximum Gasteiger partial charge on any atom is 0.334 e. The number of rotatable bonds is 3. The molecule has 19 heavy (non-hydrogen) atoms. The van der Waals surface area contributed by atoms with E-state index in [1.165, 1.54) is 7.05 Å². The Morgan fingerprint density at radius 3 is 2.79 bits per heavy atom. The molecule has 11 heteroatoms. The Bertz CT molecular complexity index is 581. The Balaban J connectivity index is 2.32. The fourth-order valence-corrected chi connectivity index (χ4v) is 4.17. The first-order chi connectivity index (χ1) is 8.84. The monoisotopic (exact) mass is 354 g/mol. The van der Waals surface area contributed by atoms with Crippen molar-refractivity contribution in [3.8, 4) is 0 Å². The zero-order valence-electron chi connectivity index (χ0n) is 9.85. The molecule has 1 aliphatic heterocycles. The molecule has 0 spiro atoms. The zero-order valence-corrected chi connectivity index (χ0v) is 12.3. The van der Waals surface area contributed by atoms with E-state index in [2.05, 4.69) is 26.2 Å². The summed E-state index contributed by atoms with van der Waals surface area (Å²) in [6.07, 6.45) is -1.16. The maximum absolute atomic E-state index is 12.4. The summed E-state index contributed by atoms with van der Waals surface area (Å²) in [5, 5.41) is 16.0. The number of sulfonamides is 1. The van der Waals surface area contributed by atoms with Crippen LogP contribution < -0.4 is 0 Å². The Kier molecular flexibility index (Phi) is 3.90.